The summed E-state index contributed by atoms with van der Waals surface area (Å²) in [6.45, 7) is 1.12. The van der Waals surface area contributed by atoms with E-state index in [1.807, 2.05) is 18.2 Å². The number of phenols is 1. The van der Waals surface area contributed by atoms with E-state index in [1.165, 1.54) is 11.1 Å². The summed E-state index contributed by atoms with van der Waals surface area (Å²) < 4.78 is 0. The number of aliphatic hydroxyl groups excluding tert-OH is 1. The normalized spacial score (nSPS) is 12.0. The van der Waals surface area contributed by atoms with Crippen LogP contribution in [0.2, 0.25) is 0 Å². The van der Waals surface area contributed by atoms with Gasteiger partial charge in [0.2, 0.25) is 0 Å². The molecule has 1 atom stereocenters. The number of benzene rings is 3. The smallest absolute Gasteiger partial charge is 0.115 e. The maximum absolute atomic E-state index is 10.1. The quantitative estimate of drug-likeness (QED) is 0.646. The number of hydrogen-bond acceptors (Lipinski definition) is 3. The van der Waals surface area contributed by atoms with E-state index in [0.29, 0.717) is 18.7 Å². The van der Waals surface area contributed by atoms with Crippen LogP contribution in [-0.4, -0.2) is 16.8 Å². The molecule has 24 heavy (non-hydrogen) atoms. The van der Waals surface area contributed by atoms with Crippen LogP contribution in [0.1, 0.15) is 17.2 Å². The first-order valence-corrected chi connectivity index (χ1v) is 8.04. The minimum Gasteiger partial charge on any atom is -0.508 e. The molecule has 0 fully saturated rings. The molecule has 3 N–H and O–H groups in total. The topological polar surface area (TPSA) is 52.5 Å². The van der Waals surface area contributed by atoms with Crippen LogP contribution in [0.5, 0.6) is 5.75 Å². The lowest BCUT2D eigenvalue weighted by molar-refractivity contribution is 0.174. The van der Waals surface area contributed by atoms with Crippen molar-refractivity contribution in [1.29, 1.82) is 0 Å². The molecule has 0 spiro atoms. The van der Waals surface area contributed by atoms with Gasteiger partial charge in [-0.15, -0.1) is 0 Å². The second-order valence-electron chi connectivity index (χ2n) is 5.80. The molecule has 0 radical (unpaired) electrons. The van der Waals surface area contributed by atoms with E-state index >= 15 is 0 Å². The Balaban J connectivity index is 1.54. The van der Waals surface area contributed by atoms with Crippen LogP contribution in [0.25, 0.3) is 11.1 Å². The van der Waals surface area contributed by atoms with Gasteiger partial charge in [0.1, 0.15) is 5.75 Å². The van der Waals surface area contributed by atoms with Gasteiger partial charge in [0.25, 0.3) is 0 Å². The zero-order valence-electron chi connectivity index (χ0n) is 13.4. The van der Waals surface area contributed by atoms with E-state index in [9.17, 15) is 10.2 Å². The molecule has 0 aliphatic carbocycles. The van der Waals surface area contributed by atoms with Gasteiger partial charge >= 0.3 is 0 Å². The van der Waals surface area contributed by atoms with E-state index < -0.39 is 6.10 Å². The summed E-state index contributed by atoms with van der Waals surface area (Å²) in [5.41, 5.74) is 4.27. The second-order valence-corrected chi connectivity index (χ2v) is 5.80. The van der Waals surface area contributed by atoms with Crippen molar-refractivity contribution in [3.8, 4) is 16.9 Å². The van der Waals surface area contributed by atoms with Crippen LogP contribution in [0.15, 0.2) is 78.9 Å². The van der Waals surface area contributed by atoms with Gasteiger partial charge in [0.15, 0.2) is 0 Å². The zero-order valence-corrected chi connectivity index (χ0v) is 13.4. The van der Waals surface area contributed by atoms with Gasteiger partial charge in [-0.05, 0) is 34.4 Å². The van der Waals surface area contributed by atoms with Crippen molar-refractivity contribution >= 4 is 0 Å². The maximum Gasteiger partial charge on any atom is 0.115 e. The molecule has 3 aromatic carbocycles. The Morgan fingerprint density at radius 3 is 2.21 bits per heavy atom. The molecule has 0 saturated heterocycles. The molecule has 0 saturated carbocycles. The second kappa shape index (κ2) is 7.77. The fraction of sp³-hybridized carbons (Fsp3) is 0.143. The van der Waals surface area contributed by atoms with Crippen LogP contribution in [0.4, 0.5) is 0 Å². The fourth-order valence-corrected chi connectivity index (χ4v) is 2.65. The molecule has 3 aromatic rings. The molecular weight excluding hydrogens is 298 g/mol. The number of phenolic OH excluding ortho intramolecular Hbond substituents is 1. The third-order valence-electron chi connectivity index (χ3n) is 3.98. The number of aromatic hydroxyl groups is 1. The van der Waals surface area contributed by atoms with Crippen molar-refractivity contribution < 1.29 is 10.2 Å². The van der Waals surface area contributed by atoms with Gasteiger partial charge in [-0.1, -0.05) is 66.7 Å². The Kier molecular flexibility index (Phi) is 5.26. The Morgan fingerprint density at radius 1 is 0.792 bits per heavy atom. The van der Waals surface area contributed by atoms with E-state index in [2.05, 4.69) is 41.7 Å². The molecule has 0 amide bonds. The van der Waals surface area contributed by atoms with E-state index in [0.717, 1.165) is 5.56 Å². The highest BCUT2D eigenvalue weighted by molar-refractivity contribution is 5.63. The van der Waals surface area contributed by atoms with Crippen molar-refractivity contribution in [1.82, 2.24) is 5.32 Å². The molecular formula is C21H21NO2. The monoisotopic (exact) mass is 319 g/mol. The predicted molar refractivity (Wildman–Crippen MR) is 96.7 cm³/mol. The summed E-state index contributed by atoms with van der Waals surface area (Å²) in [6.07, 6.45) is -0.638. The molecule has 3 rings (SSSR count). The fourth-order valence-electron chi connectivity index (χ4n) is 2.65. The van der Waals surface area contributed by atoms with Gasteiger partial charge in [0.05, 0.1) is 6.10 Å². The first-order valence-electron chi connectivity index (χ1n) is 8.04. The van der Waals surface area contributed by atoms with Crippen LogP contribution in [-0.2, 0) is 6.54 Å². The highest BCUT2D eigenvalue weighted by atomic mass is 16.3. The number of aliphatic hydroxyl groups is 1. The summed E-state index contributed by atoms with van der Waals surface area (Å²) in [6, 6.07) is 25.4. The van der Waals surface area contributed by atoms with Gasteiger partial charge in [-0.2, -0.15) is 0 Å². The standard InChI is InChI=1S/C21H21NO2/c23-20-8-4-7-19(13-20)21(24)15-22-14-16-9-11-18(12-10-16)17-5-2-1-3-6-17/h1-13,21-24H,14-15H2/t21-/m1/s1. The predicted octanol–water partition coefficient (Wildman–Crippen LogP) is 3.88. The molecule has 122 valence electrons. The molecule has 3 nitrogen and oxygen atoms in total. The number of hydrogen-bond donors (Lipinski definition) is 3. The van der Waals surface area contributed by atoms with Crippen LogP contribution >= 0.6 is 0 Å². The van der Waals surface area contributed by atoms with Crippen molar-refractivity contribution in [3.63, 3.8) is 0 Å². The molecule has 3 heteroatoms. The average molecular weight is 319 g/mol. The third kappa shape index (κ3) is 4.22. The minimum atomic E-state index is -0.638. The van der Waals surface area contributed by atoms with E-state index in [-0.39, 0.29) is 5.75 Å². The Morgan fingerprint density at radius 2 is 1.50 bits per heavy atom. The lowest BCUT2D eigenvalue weighted by Crippen LogP contribution is -2.21. The van der Waals surface area contributed by atoms with Crippen molar-refractivity contribution in [3.05, 3.63) is 90.0 Å². The summed E-state index contributed by atoms with van der Waals surface area (Å²) in [4.78, 5) is 0. The molecule has 0 aliphatic heterocycles. The highest BCUT2D eigenvalue weighted by Gasteiger charge is 2.07. The number of nitrogens with one attached hydrogen (secondary N) is 1. The average Bonchev–Trinajstić information content (AvgIpc) is 2.63. The number of rotatable bonds is 6. The van der Waals surface area contributed by atoms with Gasteiger partial charge in [-0.25, -0.2) is 0 Å². The molecule has 0 unspecified atom stereocenters. The Labute approximate surface area is 142 Å². The van der Waals surface area contributed by atoms with E-state index in [4.69, 9.17) is 0 Å². The van der Waals surface area contributed by atoms with Gasteiger partial charge in [-0.3, -0.25) is 0 Å². The lowest BCUT2D eigenvalue weighted by Gasteiger charge is -2.13. The molecule has 0 aliphatic rings. The minimum absolute atomic E-state index is 0.169. The molecule has 0 aromatic heterocycles. The zero-order chi connectivity index (χ0) is 16.8. The van der Waals surface area contributed by atoms with Gasteiger partial charge in [0, 0.05) is 13.1 Å². The third-order valence-corrected chi connectivity index (χ3v) is 3.98. The van der Waals surface area contributed by atoms with Crippen LogP contribution in [0, 0.1) is 0 Å². The molecule has 0 heterocycles. The summed E-state index contributed by atoms with van der Waals surface area (Å²) >= 11 is 0. The van der Waals surface area contributed by atoms with Crippen molar-refractivity contribution in [2.45, 2.75) is 12.6 Å². The Hall–Kier alpha value is -2.62. The Bertz CT molecular complexity index is 769. The van der Waals surface area contributed by atoms with Crippen LogP contribution < -0.4 is 5.32 Å². The van der Waals surface area contributed by atoms with Crippen molar-refractivity contribution in [2.75, 3.05) is 6.54 Å². The maximum atomic E-state index is 10.1. The van der Waals surface area contributed by atoms with E-state index in [1.54, 1.807) is 24.3 Å². The summed E-state index contributed by atoms with van der Waals surface area (Å²) in [7, 11) is 0. The van der Waals surface area contributed by atoms with Crippen molar-refractivity contribution in [2.24, 2.45) is 0 Å². The summed E-state index contributed by atoms with van der Waals surface area (Å²) in [5.74, 6) is 0.169. The molecule has 0 bridgehead atoms. The van der Waals surface area contributed by atoms with Crippen LogP contribution in [0.3, 0.4) is 0 Å². The summed E-state index contributed by atoms with van der Waals surface area (Å²) in [5, 5.41) is 22.8. The first kappa shape index (κ1) is 16.2. The SMILES string of the molecule is Oc1cccc([C@H](O)CNCc2ccc(-c3ccccc3)cc2)c1. The first-order chi connectivity index (χ1) is 11.7. The van der Waals surface area contributed by atoms with Gasteiger partial charge < -0.3 is 15.5 Å². The largest absolute Gasteiger partial charge is 0.508 e. The lowest BCUT2D eigenvalue weighted by atomic mass is 10.0. The highest BCUT2D eigenvalue weighted by Crippen LogP contribution is 2.20.